The molecule has 0 saturated heterocycles. The largest absolute Gasteiger partial charge is 0.467 e. The second kappa shape index (κ2) is 7.85. The number of furan rings is 1. The lowest BCUT2D eigenvalue weighted by molar-refractivity contribution is -0.119. The molecule has 0 saturated carbocycles. The number of hydrogen-bond donors (Lipinski definition) is 2. The molecule has 2 N–H and O–H groups in total. The van der Waals surface area contributed by atoms with Crippen LogP contribution in [0.4, 0.5) is 0 Å². The summed E-state index contributed by atoms with van der Waals surface area (Å²) in [4.78, 5) is 16.8. The minimum absolute atomic E-state index is 0.0593. The van der Waals surface area contributed by atoms with E-state index in [9.17, 15) is 9.90 Å². The summed E-state index contributed by atoms with van der Waals surface area (Å²) >= 11 is 1.45. The Morgan fingerprint density at radius 2 is 2.19 bits per heavy atom. The van der Waals surface area contributed by atoms with E-state index >= 15 is 0 Å². The van der Waals surface area contributed by atoms with Crippen LogP contribution in [-0.4, -0.2) is 27.8 Å². The Labute approximate surface area is 127 Å². The molecular formula is C15H18N2O3S. The lowest BCUT2D eigenvalue weighted by atomic mass is 10.1. The lowest BCUT2D eigenvalue weighted by Gasteiger charge is -2.16. The molecule has 0 bridgehead atoms. The molecule has 2 atom stereocenters. The van der Waals surface area contributed by atoms with Crippen LogP contribution in [0.3, 0.4) is 0 Å². The predicted molar refractivity (Wildman–Crippen MR) is 80.9 cm³/mol. The molecule has 2 rings (SSSR count). The molecule has 6 heteroatoms. The summed E-state index contributed by atoms with van der Waals surface area (Å²) in [5, 5.41) is 12.8. The van der Waals surface area contributed by atoms with Gasteiger partial charge in [0.05, 0.1) is 12.0 Å². The number of rotatable bonds is 7. The minimum atomic E-state index is -0.705. The van der Waals surface area contributed by atoms with Gasteiger partial charge in [-0.2, -0.15) is 0 Å². The second-order valence-electron chi connectivity index (χ2n) is 4.71. The highest BCUT2D eigenvalue weighted by Gasteiger charge is 2.16. The van der Waals surface area contributed by atoms with Crippen molar-refractivity contribution in [1.82, 2.24) is 10.3 Å². The monoisotopic (exact) mass is 306 g/mol. The Balaban J connectivity index is 1.72. The third-order valence-corrected chi connectivity index (χ3v) is 3.89. The van der Waals surface area contributed by atoms with Crippen LogP contribution in [0.1, 0.15) is 25.2 Å². The molecule has 21 heavy (non-hydrogen) atoms. The number of aromatic nitrogens is 1. The van der Waals surface area contributed by atoms with E-state index in [4.69, 9.17) is 4.42 Å². The standard InChI is InChI=1S/C15H18N2O3S/c1-11(9-13(18)14-3-2-8-20-14)17-15(19)10-21-12-4-6-16-7-5-12/h2-8,11,13,18H,9-10H2,1H3,(H,17,19). The summed E-state index contributed by atoms with van der Waals surface area (Å²) in [6.45, 7) is 1.86. The van der Waals surface area contributed by atoms with E-state index in [1.165, 1.54) is 18.0 Å². The number of carbonyl (C=O) groups excluding carboxylic acids is 1. The van der Waals surface area contributed by atoms with Gasteiger partial charge in [-0.15, -0.1) is 11.8 Å². The van der Waals surface area contributed by atoms with Gasteiger partial charge in [0.15, 0.2) is 0 Å². The van der Waals surface area contributed by atoms with Crippen LogP contribution in [0, 0.1) is 0 Å². The van der Waals surface area contributed by atoms with Gasteiger partial charge in [0.25, 0.3) is 0 Å². The van der Waals surface area contributed by atoms with E-state index in [0.717, 1.165) is 4.90 Å². The minimum Gasteiger partial charge on any atom is -0.467 e. The Bertz CT molecular complexity index is 545. The van der Waals surface area contributed by atoms with Gasteiger partial charge in [0.2, 0.25) is 5.91 Å². The highest BCUT2D eigenvalue weighted by atomic mass is 32.2. The van der Waals surface area contributed by atoms with Gasteiger partial charge in [-0.05, 0) is 31.2 Å². The van der Waals surface area contributed by atoms with Crippen LogP contribution in [-0.2, 0) is 4.79 Å². The topological polar surface area (TPSA) is 75.4 Å². The van der Waals surface area contributed by atoms with Crippen molar-refractivity contribution >= 4 is 17.7 Å². The van der Waals surface area contributed by atoms with Gasteiger partial charge in [0, 0.05) is 29.8 Å². The second-order valence-corrected chi connectivity index (χ2v) is 5.76. The summed E-state index contributed by atoms with van der Waals surface area (Å²) in [6.07, 6.45) is 4.63. The zero-order valence-corrected chi connectivity index (χ0v) is 12.5. The number of thioether (sulfide) groups is 1. The van der Waals surface area contributed by atoms with Gasteiger partial charge in [0.1, 0.15) is 11.9 Å². The number of amides is 1. The fourth-order valence-corrected chi connectivity index (χ4v) is 2.59. The molecule has 0 fully saturated rings. The SMILES string of the molecule is CC(CC(O)c1ccco1)NC(=O)CSc1ccncc1. The molecule has 5 nitrogen and oxygen atoms in total. The third kappa shape index (κ3) is 5.24. The van der Waals surface area contributed by atoms with E-state index in [-0.39, 0.29) is 11.9 Å². The van der Waals surface area contributed by atoms with Crippen molar-refractivity contribution in [2.75, 3.05) is 5.75 Å². The maximum Gasteiger partial charge on any atom is 0.230 e. The molecule has 0 radical (unpaired) electrons. The Morgan fingerprint density at radius 1 is 1.43 bits per heavy atom. The average Bonchev–Trinajstić information content (AvgIpc) is 3.00. The number of nitrogens with zero attached hydrogens (tertiary/aromatic N) is 1. The number of carbonyl (C=O) groups is 1. The Morgan fingerprint density at radius 3 is 2.86 bits per heavy atom. The van der Waals surface area contributed by atoms with Crippen LogP contribution in [0.5, 0.6) is 0 Å². The van der Waals surface area contributed by atoms with Crippen LogP contribution in [0.15, 0.2) is 52.2 Å². The molecule has 0 aliphatic carbocycles. The molecule has 2 aromatic heterocycles. The van der Waals surface area contributed by atoms with E-state index in [2.05, 4.69) is 10.3 Å². The Hall–Kier alpha value is -1.79. The number of pyridine rings is 1. The summed E-state index contributed by atoms with van der Waals surface area (Å²) in [7, 11) is 0. The summed E-state index contributed by atoms with van der Waals surface area (Å²) in [6, 6.07) is 7.05. The van der Waals surface area contributed by atoms with Crippen molar-refractivity contribution in [2.45, 2.75) is 30.4 Å². The highest BCUT2D eigenvalue weighted by Crippen LogP contribution is 2.19. The highest BCUT2D eigenvalue weighted by molar-refractivity contribution is 8.00. The zero-order chi connectivity index (χ0) is 15.1. The molecule has 0 aromatic carbocycles. The first-order valence-corrected chi connectivity index (χ1v) is 7.67. The van der Waals surface area contributed by atoms with Crippen molar-refractivity contribution in [3.8, 4) is 0 Å². The smallest absolute Gasteiger partial charge is 0.230 e. The fourth-order valence-electron chi connectivity index (χ4n) is 1.89. The van der Waals surface area contributed by atoms with Crippen molar-refractivity contribution < 1.29 is 14.3 Å². The molecule has 2 unspecified atom stereocenters. The van der Waals surface area contributed by atoms with Gasteiger partial charge < -0.3 is 14.8 Å². The molecule has 0 aliphatic rings. The number of aliphatic hydroxyl groups excluding tert-OH is 1. The first-order valence-electron chi connectivity index (χ1n) is 6.69. The normalized spacial score (nSPS) is 13.6. The van der Waals surface area contributed by atoms with Crippen molar-refractivity contribution in [2.24, 2.45) is 0 Å². The van der Waals surface area contributed by atoms with Crippen LogP contribution in [0.25, 0.3) is 0 Å². The zero-order valence-electron chi connectivity index (χ0n) is 11.7. The summed E-state index contributed by atoms with van der Waals surface area (Å²) < 4.78 is 5.13. The number of hydrogen-bond acceptors (Lipinski definition) is 5. The van der Waals surface area contributed by atoms with Crippen LogP contribution < -0.4 is 5.32 Å². The molecular weight excluding hydrogens is 288 g/mol. The first-order chi connectivity index (χ1) is 10.1. The molecule has 2 heterocycles. The van der Waals surface area contributed by atoms with Crippen LogP contribution >= 0.6 is 11.8 Å². The summed E-state index contributed by atoms with van der Waals surface area (Å²) in [5.41, 5.74) is 0. The van der Waals surface area contributed by atoms with Crippen molar-refractivity contribution in [1.29, 1.82) is 0 Å². The van der Waals surface area contributed by atoms with Gasteiger partial charge in [-0.1, -0.05) is 0 Å². The van der Waals surface area contributed by atoms with Crippen molar-refractivity contribution in [3.63, 3.8) is 0 Å². The van der Waals surface area contributed by atoms with Gasteiger partial charge in [-0.3, -0.25) is 9.78 Å². The summed E-state index contributed by atoms with van der Waals surface area (Å²) in [5.74, 6) is 0.795. The van der Waals surface area contributed by atoms with E-state index in [1.807, 2.05) is 19.1 Å². The van der Waals surface area contributed by atoms with E-state index in [0.29, 0.717) is 17.9 Å². The third-order valence-electron chi connectivity index (χ3n) is 2.88. The quantitative estimate of drug-likeness (QED) is 0.768. The molecule has 112 valence electrons. The maximum atomic E-state index is 11.8. The molecule has 1 amide bonds. The predicted octanol–water partition coefficient (Wildman–Crippen LogP) is 2.40. The van der Waals surface area contributed by atoms with E-state index in [1.54, 1.807) is 24.5 Å². The molecule has 0 spiro atoms. The van der Waals surface area contributed by atoms with Crippen molar-refractivity contribution in [3.05, 3.63) is 48.7 Å². The van der Waals surface area contributed by atoms with Crippen LogP contribution in [0.2, 0.25) is 0 Å². The molecule has 2 aromatic rings. The Kier molecular flexibility index (Phi) is 5.83. The first kappa shape index (κ1) is 15.6. The van der Waals surface area contributed by atoms with Gasteiger partial charge >= 0.3 is 0 Å². The van der Waals surface area contributed by atoms with Gasteiger partial charge in [-0.25, -0.2) is 0 Å². The fraction of sp³-hybridized carbons (Fsp3) is 0.333. The maximum absolute atomic E-state index is 11.8. The average molecular weight is 306 g/mol. The molecule has 0 aliphatic heterocycles. The van der Waals surface area contributed by atoms with E-state index < -0.39 is 6.10 Å². The number of nitrogens with one attached hydrogen (secondary N) is 1. The lowest BCUT2D eigenvalue weighted by Crippen LogP contribution is -2.34. The number of aliphatic hydroxyl groups is 1.